The number of fused-ring (bicyclic) bond motifs is 2. The molecule has 2 fully saturated rings. The van der Waals surface area contributed by atoms with Crippen LogP contribution in [0, 0.1) is 23.7 Å². The lowest BCUT2D eigenvalue weighted by Crippen LogP contribution is -2.42. The van der Waals surface area contributed by atoms with Gasteiger partial charge >= 0.3 is 5.97 Å². The Morgan fingerprint density at radius 2 is 1.86 bits per heavy atom. The van der Waals surface area contributed by atoms with Gasteiger partial charge in [-0.2, -0.15) is 0 Å². The number of nitrogens with two attached hydrogens (primary N) is 1. The minimum atomic E-state index is -0.600. The number of carboxylic acids is 1. The SMILES string of the molecule is NCC1C2CCCC1CC(C(=O)O)C2. The van der Waals surface area contributed by atoms with E-state index in [0.717, 1.165) is 19.4 Å². The van der Waals surface area contributed by atoms with E-state index in [1.165, 1.54) is 19.3 Å². The molecule has 2 aliphatic rings. The maximum Gasteiger partial charge on any atom is 0.306 e. The summed E-state index contributed by atoms with van der Waals surface area (Å²) in [5, 5.41) is 9.02. The highest BCUT2D eigenvalue weighted by Gasteiger charge is 2.41. The zero-order valence-corrected chi connectivity index (χ0v) is 8.48. The molecule has 0 saturated heterocycles. The summed E-state index contributed by atoms with van der Waals surface area (Å²) in [6, 6.07) is 0. The van der Waals surface area contributed by atoms with E-state index in [1.54, 1.807) is 0 Å². The first-order chi connectivity index (χ1) is 6.72. The molecule has 14 heavy (non-hydrogen) atoms. The fraction of sp³-hybridized carbons (Fsp3) is 0.909. The normalized spacial score (nSPS) is 42.1. The van der Waals surface area contributed by atoms with Gasteiger partial charge in [0, 0.05) is 0 Å². The van der Waals surface area contributed by atoms with Gasteiger partial charge in [-0.3, -0.25) is 4.79 Å². The second-order valence-electron chi connectivity index (χ2n) is 4.86. The molecule has 2 saturated carbocycles. The van der Waals surface area contributed by atoms with E-state index in [1.807, 2.05) is 0 Å². The number of hydrogen-bond acceptors (Lipinski definition) is 2. The molecule has 2 unspecified atom stereocenters. The van der Waals surface area contributed by atoms with Crippen molar-refractivity contribution in [2.24, 2.45) is 29.4 Å². The molecule has 80 valence electrons. The predicted octanol–water partition coefficient (Wildman–Crippen LogP) is 1.47. The van der Waals surface area contributed by atoms with Crippen molar-refractivity contribution in [3.8, 4) is 0 Å². The average molecular weight is 197 g/mol. The topological polar surface area (TPSA) is 63.3 Å². The van der Waals surface area contributed by atoms with E-state index in [0.29, 0.717) is 17.8 Å². The Bertz CT molecular complexity index is 215. The summed E-state index contributed by atoms with van der Waals surface area (Å²) in [6.45, 7) is 0.752. The second-order valence-corrected chi connectivity index (χ2v) is 4.86. The molecule has 3 N–H and O–H groups in total. The summed E-state index contributed by atoms with van der Waals surface area (Å²) in [6.07, 6.45) is 5.41. The maximum atomic E-state index is 10.9. The summed E-state index contributed by atoms with van der Waals surface area (Å²) in [5.41, 5.74) is 5.77. The van der Waals surface area contributed by atoms with Crippen LogP contribution in [0.2, 0.25) is 0 Å². The lowest BCUT2D eigenvalue weighted by Gasteiger charge is -2.44. The van der Waals surface area contributed by atoms with Gasteiger partial charge in [0.25, 0.3) is 0 Å². The van der Waals surface area contributed by atoms with Crippen LogP contribution in [0.5, 0.6) is 0 Å². The Labute approximate surface area is 84.7 Å². The minimum Gasteiger partial charge on any atom is -0.481 e. The van der Waals surface area contributed by atoms with Crippen LogP contribution in [0.1, 0.15) is 32.1 Å². The number of hydrogen-bond donors (Lipinski definition) is 2. The number of carboxylic acid groups (broad SMARTS) is 1. The third kappa shape index (κ3) is 1.65. The highest BCUT2D eigenvalue weighted by atomic mass is 16.4. The van der Waals surface area contributed by atoms with Crippen LogP contribution in [0.15, 0.2) is 0 Å². The fourth-order valence-electron chi connectivity index (χ4n) is 3.45. The summed E-state index contributed by atoms with van der Waals surface area (Å²) < 4.78 is 0. The zero-order valence-electron chi connectivity index (χ0n) is 8.48. The highest BCUT2D eigenvalue weighted by Crippen LogP contribution is 2.46. The summed E-state index contributed by atoms with van der Waals surface area (Å²) in [4.78, 5) is 10.9. The van der Waals surface area contributed by atoms with Gasteiger partial charge in [0.05, 0.1) is 5.92 Å². The van der Waals surface area contributed by atoms with E-state index >= 15 is 0 Å². The number of carbonyl (C=O) groups is 1. The molecule has 3 heteroatoms. The first-order valence-corrected chi connectivity index (χ1v) is 5.65. The lowest BCUT2D eigenvalue weighted by molar-refractivity contribution is -0.145. The Morgan fingerprint density at radius 1 is 1.29 bits per heavy atom. The van der Waals surface area contributed by atoms with Gasteiger partial charge in [-0.25, -0.2) is 0 Å². The van der Waals surface area contributed by atoms with E-state index in [2.05, 4.69) is 0 Å². The molecule has 2 aliphatic carbocycles. The van der Waals surface area contributed by atoms with Crippen LogP contribution in [0.3, 0.4) is 0 Å². The van der Waals surface area contributed by atoms with Crippen molar-refractivity contribution in [2.75, 3.05) is 6.54 Å². The molecule has 2 rings (SSSR count). The molecule has 0 spiro atoms. The lowest BCUT2D eigenvalue weighted by atomic mass is 9.61. The number of aliphatic carboxylic acids is 1. The Kier molecular flexibility index (Phi) is 2.77. The zero-order chi connectivity index (χ0) is 10.1. The summed E-state index contributed by atoms with van der Waals surface area (Å²) in [5.74, 6) is 1.10. The summed E-state index contributed by atoms with van der Waals surface area (Å²) in [7, 11) is 0. The van der Waals surface area contributed by atoms with Crippen LogP contribution < -0.4 is 5.73 Å². The standard InChI is InChI=1S/C11H19NO2/c12-6-10-7-2-1-3-8(10)5-9(4-7)11(13)14/h7-10H,1-6,12H2,(H,13,14). The van der Waals surface area contributed by atoms with Gasteiger partial charge in [0.15, 0.2) is 0 Å². The molecule has 0 heterocycles. The molecule has 2 atom stereocenters. The van der Waals surface area contributed by atoms with Crippen LogP contribution in [-0.4, -0.2) is 17.6 Å². The molecular formula is C11H19NO2. The van der Waals surface area contributed by atoms with Gasteiger partial charge in [-0.05, 0) is 37.1 Å². The third-order valence-corrected chi connectivity index (χ3v) is 4.16. The molecule has 0 aromatic carbocycles. The molecule has 0 aliphatic heterocycles. The summed E-state index contributed by atoms with van der Waals surface area (Å²) >= 11 is 0. The Morgan fingerprint density at radius 3 is 2.29 bits per heavy atom. The molecular weight excluding hydrogens is 178 g/mol. The van der Waals surface area contributed by atoms with E-state index in [-0.39, 0.29) is 5.92 Å². The van der Waals surface area contributed by atoms with Crippen molar-refractivity contribution in [1.82, 2.24) is 0 Å². The third-order valence-electron chi connectivity index (χ3n) is 4.16. The molecule has 3 nitrogen and oxygen atoms in total. The highest BCUT2D eigenvalue weighted by molar-refractivity contribution is 5.70. The average Bonchev–Trinajstić information content (AvgIpc) is 2.15. The van der Waals surface area contributed by atoms with Crippen molar-refractivity contribution in [1.29, 1.82) is 0 Å². The van der Waals surface area contributed by atoms with E-state index in [9.17, 15) is 4.79 Å². The molecule has 0 aromatic rings. The quantitative estimate of drug-likeness (QED) is 0.704. The van der Waals surface area contributed by atoms with Crippen LogP contribution in [-0.2, 0) is 4.79 Å². The first-order valence-electron chi connectivity index (χ1n) is 5.65. The molecule has 0 radical (unpaired) electrons. The van der Waals surface area contributed by atoms with Gasteiger partial charge in [-0.15, -0.1) is 0 Å². The smallest absolute Gasteiger partial charge is 0.306 e. The van der Waals surface area contributed by atoms with E-state index in [4.69, 9.17) is 10.8 Å². The van der Waals surface area contributed by atoms with Gasteiger partial charge < -0.3 is 10.8 Å². The minimum absolute atomic E-state index is 0.0897. The van der Waals surface area contributed by atoms with Crippen LogP contribution >= 0.6 is 0 Å². The Hall–Kier alpha value is -0.570. The van der Waals surface area contributed by atoms with Gasteiger partial charge in [0.1, 0.15) is 0 Å². The van der Waals surface area contributed by atoms with Gasteiger partial charge in [0.2, 0.25) is 0 Å². The predicted molar refractivity (Wildman–Crippen MR) is 53.7 cm³/mol. The van der Waals surface area contributed by atoms with Crippen LogP contribution in [0.25, 0.3) is 0 Å². The van der Waals surface area contributed by atoms with Crippen molar-refractivity contribution in [3.05, 3.63) is 0 Å². The van der Waals surface area contributed by atoms with Gasteiger partial charge in [-0.1, -0.05) is 19.3 Å². The number of rotatable bonds is 2. The second kappa shape index (κ2) is 3.89. The van der Waals surface area contributed by atoms with Crippen molar-refractivity contribution in [3.63, 3.8) is 0 Å². The van der Waals surface area contributed by atoms with Crippen molar-refractivity contribution >= 4 is 5.97 Å². The van der Waals surface area contributed by atoms with Crippen molar-refractivity contribution in [2.45, 2.75) is 32.1 Å². The fourth-order valence-corrected chi connectivity index (χ4v) is 3.45. The van der Waals surface area contributed by atoms with E-state index < -0.39 is 5.97 Å². The van der Waals surface area contributed by atoms with Crippen molar-refractivity contribution < 1.29 is 9.90 Å². The Balaban J connectivity index is 2.08. The maximum absolute atomic E-state index is 10.9. The van der Waals surface area contributed by atoms with Crippen LogP contribution in [0.4, 0.5) is 0 Å². The monoisotopic (exact) mass is 197 g/mol. The first kappa shape index (κ1) is 9.97. The largest absolute Gasteiger partial charge is 0.481 e. The molecule has 2 bridgehead atoms. The molecule has 0 amide bonds. The molecule has 0 aromatic heterocycles.